The lowest BCUT2D eigenvalue weighted by atomic mass is 10.1. The molecule has 1 aliphatic heterocycles. The molecule has 0 unspecified atom stereocenters. The van der Waals surface area contributed by atoms with Crippen molar-refractivity contribution >= 4 is 5.95 Å². The van der Waals surface area contributed by atoms with E-state index in [4.69, 9.17) is 0 Å². The van der Waals surface area contributed by atoms with Gasteiger partial charge in [0, 0.05) is 30.4 Å². The number of hydrogen-bond donors (Lipinski definition) is 1. The molecule has 148 valence electrons. The van der Waals surface area contributed by atoms with Crippen molar-refractivity contribution in [2.45, 2.75) is 59.0 Å². The highest BCUT2D eigenvalue weighted by Crippen LogP contribution is 2.27. The summed E-state index contributed by atoms with van der Waals surface area (Å²) in [7, 11) is 0. The summed E-state index contributed by atoms with van der Waals surface area (Å²) in [4.78, 5) is 10.9. The maximum absolute atomic E-state index is 13.4. The Morgan fingerprint density at radius 3 is 2.56 bits per heavy atom. The number of nitrogens with zero attached hydrogens (tertiary/aromatic N) is 5. The molecule has 0 amide bonds. The van der Waals surface area contributed by atoms with Crippen LogP contribution < -0.4 is 5.32 Å². The van der Waals surface area contributed by atoms with E-state index >= 15 is 0 Å². The van der Waals surface area contributed by atoms with Gasteiger partial charge in [-0.15, -0.1) is 0 Å². The Hall–Kier alpha value is -2.09. The molecule has 1 atom stereocenters. The van der Waals surface area contributed by atoms with Crippen LogP contribution in [0.25, 0.3) is 11.3 Å². The fourth-order valence-electron chi connectivity index (χ4n) is 3.59. The van der Waals surface area contributed by atoms with Crippen LogP contribution >= 0.6 is 0 Å². The van der Waals surface area contributed by atoms with Crippen LogP contribution in [-0.2, 0) is 6.54 Å². The molecule has 3 heterocycles. The Labute approximate surface area is 159 Å². The number of hydrogen-bond acceptors (Lipinski definition) is 5. The maximum atomic E-state index is 13.4. The third-order valence-electron chi connectivity index (χ3n) is 5.00. The molecule has 2 aromatic rings. The number of anilines is 1. The lowest BCUT2D eigenvalue weighted by molar-refractivity contribution is 0.146. The van der Waals surface area contributed by atoms with E-state index in [0.717, 1.165) is 37.4 Å². The summed E-state index contributed by atoms with van der Waals surface area (Å²) in [6.07, 6.45) is 2.75. The largest absolute Gasteiger partial charge is 0.350 e. The normalized spacial score (nSPS) is 16.7. The molecule has 1 aliphatic rings. The Kier molecular flexibility index (Phi) is 6.36. The van der Waals surface area contributed by atoms with Gasteiger partial charge in [0.2, 0.25) is 5.95 Å². The number of likely N-dealkylation sites (tertiary alicyclic amines) is 1. The second-order valence-electron chi connectivity index (χ2n) is 7.17. The zero-order chi connectivity index (χ0) is 19.4. The number of aromatic nitrogens is 4. The van der Waals surface area contributed by atoms with Gasteiger partial charge in [-0.1, -0.05) is 6.42 Å². The van der Waals surface area contributed by atoms with Crippen molar-refractivity contribution in [2.75, 3.05) is 25.0 Å². The lowest BCUT2D eigenvalue weighted by Gasteiger charge is -2.29. The van der Waals surface area contributed by atoms with Gasteiger partial charge in [-0.2, -0.15) is 5.10 Å². The Morgan fingerprint density at radius 1 is 1.19 bits per heavy atom. The smallest absolute Gasteiger partial charge is 0.280 e. The van der Waals surface area contributed by atoms with Crippen molar-refractivity contribution in [3.05, 3.63) is 23.7 Å². The van der Waals surface area contributed by atoms with Gasteiger partial charge in [0.05, 0.1) is 11.9 Å². The number of alkyl halides is 2. The molecular weight excluding hydrogens is 350 g/mol. The molecule has 8 heteroatoms. The number of rotatable bonds is 7. The first-order valence-corrected chi connectivity index (χ1v) is 9.66. The first-order valence-electron chi connectivity index (χ1n) is 9.66. The van der Waals surface area contributed by atoms with Crippen LogP contribution in [0.15, 0.2) is 12.3 Å². The molecule has 1 saturated heterocycles. The summed E-state index contributed by atoms with van der Waals surface area (Å²) in [6, 6.07) is 1.43. The molecule has 0 aromatic carbocycles. The van der Waals surface area contributed by atoms with E-state index in [2.05, 4.69) is 25.3 Å². The summed E-state index contributed by atoms with van der Waals surface area (Å²) < 4.78 is 28.6. The van der Waals surface area contributed by atoms with Crippen molar-refractivity contribution in [1.82, 2.24) is 24.6 Å². The van der Waals surface area contributed by atoms with E-state index in [1.807, 2.05) is 25.5 Å². The summed E-state index contributed by atoms with van der Waals surface area (Å²) in [5, 5.41) is 7.51. The molecule has 3 rings (SSSR count). The predicted octanol–water partition coefficient (Wildman–Crippen LogP) is 3.89. The van der Waals surface area contributed by atoms with Gasteiger partial charge < -0.3 is 10.2 Å². The molecule has 0 aliphatic carbocycles. The second-order valence-corrected chi connectivity index (χ2v) is 7.17. The van der Waals surface area contributed by atoms with E-state index in [0.29, 0.717) is 5.69 Å². The second kappa shape index (κ2) is 8.73. The molecule has 2 aromatic heterocycles. The third-order valence-corrected chi connectivity index (χ3v) is 5.00. The molecule has 0 bridgehead atoms. The highest BCUT2D eigenvalue weighted by atomic mass is 19.3. The summed E-state index contributed by atoms with van der Waals surface area (Å²) in [5.41, 5.74) is 1.87. The minimum atomic E-state index is -2.65. The average Bonchev–Trinajstić information content (AvgIpc) is 3.02. The van der Waals surface area contributed by atoms with Crippen molar-refractivity contribution in [3.8, 4) is 11.3 Å². The van der Waals surface area contributed by atoms with Crippen LogP contribution in [0.2, 0.25) is 0 Å². The Morgan fingerprint density at radius 2 is 1.93 bits per heavy atom. The lowest BCUT2D eigenvalue weighted by Crippen LogP contribution is -2.38. The van der Waals surface area contributed by atoms with Gasteiger partial charge in [0.1, 0.15) is 5.69 Å². The van der Waals surface area contributed by atoms with E-state index in [9.17, 15) is 8.78 Å². The van der Waals surface area contributed by atoms with Crippen molar-refractivity contribution < 1.29 is 8.78 Å². The zero-order valence-corrected chi connectivity index (χ0v) is 16.3. The van der Waals surface area contributed by atoms with E-state index < -0.39 is 6.43 Å². The number of piperidine rings is 1. The first kappa shape index (κ1) is 19.7. The summed E-state index contributed by atoms with van der Waals surface area (Å²) in [5.74, 6) is 0.246. The molecular formula is C19H28F2N6. The van der Waals surface area contributed by atoms with Crippen molar-refractivity contribution in [1.29, 1.82) is 0 Å². The standard InChI is InChI=1S/C19H28F2N6/c1-4-27-14(3)15(11-22-27)16-10-17(18(20)21)25-19(24-16)23-13(2)12-26-8-6-5-7-9-26/h10-11,13,18H,4-9,12H2,1-3H3,(H,23,24,25)/t13-/m1/s1. The fraction of sp³-hybridized carbons (Fsp3) is 0.632. The minimum Gasteiger partial charge on any atom is -0.350 e. The van der Waals surface area contributed by atoms with Crippen molar-refractivity contribution in [3.63, 3.8) is 0 Å². The highest BCUT2D eigenvalue weighted by Gasteiger charge is 2.19. The zero-order valence-electron chi connectivity index (χ0n) is 16.3. The van der Waals surface area contributed by atoms with Gasteiger partial charge >= 0.3 is 0 Å². The highest BCUT2D eigenvalue weighted by molar-refractivity contribution is 5.62. The molecule has 0 radical (unpaired) electrons. The molecule has 27 heavy (non-hydrogen) atoms. The molecule has 0 saturated carbocycles. The summed E-state index contributed by atoms with van der Waals surface area (Å²) >= 11 is 0. The van der Waals surface area contributed by atoms with Crippen molar-refractivity contribution in [2.24, 2.45) is 0 Å². The van der Waals surface area contributed by atoms with Gasteiger partial charge in [0.25, 0.3) is 6.43 Å². The molecule has 6 nitrogen and oxygen atoms in total. The summed E-state index contributed by atoms with van der Waals surface area (Å²) in [6.45, 7) is 9.69. The molecule has 0 spiro atoms. The van der Waals surface area contributed by atoms with Gasteiger partial charge in [-0.05, 0) is 52.8 Å². The average molecular weight is 378 g/mol. The first-order chi connectivity index (χ1) is 13.0. The van der Waals surface area contributed by atoms with E-state index in [1.54, 1.807) is 6.20 Å². The Bertz CT molecular complexity index is 755. The topological polar surface area (TPSA) is 58.9 Å². The van der Waals surface area contributed by atoms with Crippen LogP contribution in [0.4, 0.5) is 14.7 Å². The predicted molar refractivity (Wildman–Crippen MR) is 102 cm³/mol. The van der Waals surface area contributed by atoms with Crippen LogP contribution in [0.3, 0.4) is 0 Å². The number of halogens is 2. The van der Waals surface area contributed by atoms with Crippen LogP contribution in [0, 0.1) is 6.92 Å². The van der Waals surface area contributed by atoms with Gasteiger partial charge in [-0.25, -0.2) is 18.7 Å². The quantitative estimate of drug-likeness (QED) is 0.792. The Balaban J connectivity index is 1.81. The fourth-order valence-corrected chi connectivity index (χ4v) is 3.59. The molecule has 1 fully saturated rings. The molecule has 1 N–H and O–H groups in total. The monoisotopic (exact) mass is 378 g/mol. The third kappa shape index (κ3) is 4.80. The minimum absolute atomic E-state index is 0.0725. The van der Waals surface area contributed by atoms with E-state index in [1.165, 1.54) is 25.3 Å². The van der Waals surface area contributed by atoms with Gasteiger partial charge in [-0.3, -0.25) is 4.68 Å². The van der Waals surface area contributed by atoms with Crippen LogP contribution in [-0.4, -0.2) is 50.3 Å². The SMILES string of the molecule is CCn1ncc(-c2cc(C(F)F)nc(N[C@H](C)CN3CCCCC3)n2)c1C. The maximum Gasteiger partial charge on any atom is 0.280 e. The van der Waals surface area contributed by atoms with Crippen LogP contribution in [0.5, 0.6) is 0 Å². The number of nitrogens with one attached hydrogen (secondary N) is 1. The van der Waals surface area contributed by atoms with E-state index in [-0.39, 0.29) is 17.7 Å². The van der Waals surface area contributed by atoms with Crippen LogP contribution in [0.1, 0.15) is 50.9 Å². The van der Waals surface area contributed by atoms with Gasteiger partial charge in [0.15, 0.2) is 0 Å². The number of aryl methyl sites for hydroxylation is 1.